The second kappa shape index (κ2) is 6.18. The van der Waals surface area contributed by atoms with Crippen molar-refractivity contribution in [3.8, 4) is 0 Å². The molecule has 0 spiro atoms. The van der Waals surface area contributed by atoms with Gasteiger partial charge in [0, 0.05) is 38.1 Å². The van der Waals surface area contributed by atoms with Crippen LogP contribution in [0.3, 0.4) is 0 Å². The van der Waals surface area contributed by atoms with Crippen molar-refractivity contribution in [3.05, 3.63) is 0 Å². The minimum Gasteiger partial charge on any atom is -0.379 e. The summed E-state index contributed by atoms with van der Waals surface area (Å²) in [6.07, 6.45) is 0.531. The number of morpholine rings is 1. The lowest BCUT2D eigenvalue weighted by Crippen LogP contribution is -2.49. The van der Waals surface area contributed by atoms with E-state index in [-0.39, 0.29) is 11.4 Å². The smallest absolute Gasteiger partial charge is 0.221 e. The summed E-state index contributed by atoms with van der Waals surface area (Å²) in [4.78, 5) is 13.9. The Morgan fingerprint density at radius 1 is 1.44 bits per heavy atom. The van der Waals surface area contributed by atoms with E-state index in [9.17, 15) is 4.79 Å². The van der Waals surface area contributed by atoms with Crippen LogP contribution in [0.15, 0.2) is 0 Å². The fourth-order valence-corrected chi connectivity index (χ4v) is 1.58. The first kappa shape index (κ1) is 13.4. The Balaban J connectivity index is 2.19. The van der Waals surface area contributed by atoms with Crippen LogP contribution in [0.5, 0.6) is 0 Å². The van der Waals surface area contributed by atoms with E-state index in [1.54, 1.807) is 0 Å². The molecule has 1 fully saturated rings. The van der Waals surface area contributed by atoms with Gasteiger partial charge in [-0.2, -0.15) is 0 Å². The molecule has 16 heavy (non-hydrogen) atoms. The van der Waals surface area contributed by atoms with E-state index in [0.29, 0.717) is 13.0 Å². The third-order valence-electron chi connectivity index (χ3n) is 2.75. The molecule has 0 aromatic heterocycles. The fourth-order valence-electron chi connectivity index (χ4n) is 1.58. The van der Waals surface area contributed by atoms with Gasteiger partial charge in [-0.15, -0.1) is 0 Å². The zero-order chi connectivity index (χ0) is 12.0. The lowest BCUT2D eigenvalue weighted by atomic mass is 10.1. The van der Waals surface area contributed by atoms with Crippen LogP contribution in [-0.2, 0) is 9.53 Å². The highest BCUT2D eigenvalue weighted by atomic mass is 16.5. The topological polar surface area (TPSA) is 67.6 Å². The van der Waals surface area contributed by atoms with Crippen LogP contribution in [0.2, 0.25) is 0 Å². The van der Waals surface area contributed by atoms with Gasteiger partial charge in [0.25, 0.3) is 0 Å². The molecule has 0 aliphatic carbocycles. The van der Waals surface area contributed by atoms with E-state index in [1.807, 2.05) is 13.8 Å². The van der Waals surface area contributed by atoms with Crippen molar-refractivity contribution in [1.82, 2.24) is 10.2 Å². The molecule has 0 bridgehead atoms. The van der Waals surface area contributed by atoms with Gasteiger partial charge in [-0.25, -0.2) is 0 Å². The minimum absolute atomic E-state index is 0.0712. The number of hydrogen-bond donors (Lipinski definition) is 2. The average Bonchev–Trinajstić information content (AvgIpc) is 2.27. The molecule has 1 aliphatic rings. The number of carbonyl (C=O) groups excluding carboxylic acids is 1. The van der Waals surface area contributed by atoms with Crippen molar-refractivity contribution in [2.45, 2.75) is 25.8 Å². The Hall–Kier alpha value is -0.650. The third kappa shape index (κ3) is 4.92. The van der Waals surface area contributed by atoms with E-state index in [4.69, 9.17) is 10.5 Å². The molecule has 3 N–H and O–H groups in total. The first-order chi connectivity index (χ1) is 7.53. The summed E-state index contributed by atoms with van der Waals surface area (Å²) < 4.78 is 5.25. The maximum absolute atomic E-state index is 11.6. The molecule has 1 saturated heterocycles. The quantitative estimate of drug-likeness (QED) is 0.671. The van der Waals surface area contributed by atoms with E-state index in [1.165, 1.54) is 0 Å². The van der Waals surface area contributed by atoms with Crippen molar-refractivity contribution in [3.63, 3.8) is 0 Å². The Kier molecular flexibility index (Phi) is 5.18. The van der Waals surface area contributed by atoms with E-state index in [0.717, 1.165) is 32.8 Å². The Morgan fingerprint density at radius 2 is 2.06 bits per heavy atom. The largest absolute Gasteiger partial charge is 0.379 e. The highest BCUT2D eigenvalue weighted by Crippen LogP contribution is 2.01. The zero-order valence-corrected chi connectivity index (χ0v) is 10.3. The first-order valence-corrected chi connectivity index (χ1v) is 5.85. The number of nitrogens with two attached hydrogens (primary N) is 1. The monoisotopic (exact) mass is 229 g/mol. The summed E-state index contributed by atoms with van der Waals surface area (Å²) >= 11 is 0. The number of hydrogen-bond acceptors (Lipinski definition) is 4. The molecule has 0 radical (unpaired) electrons. The van der Waals surface area contributed by atoms with Crippen molar-refractivity contribution in [2.24, 2.45) is 5.73 Å². The molecular formula is C11H23N3O2. The molecule has 1 heterocycles. The molecule has 0 aromatic rings. The summed E-state index contributed by atoms with van der Waals surface area (Å²) in [6.45, 7) is 8.51. The third-order valence-corrected chi connectivity index (χ3v) is 2.75. The summed E-state index contributed by atoms with van der Waals surface area (Å²) in [5.41, 5.74) is 5.25. The van der Waals surface area contributed by atoms with Crippen molar-refractivity contribution < 1.29 is 9.53 Å². The fraction of sp³-hybridized carbons (Fsp3) is 0.909. The van der Waals surface area contributed by atoms with Crippen LogP contribution in [0, 0.1) is 0 Å². The highest BCUT2D eigenvalue weighted by molar-refractivity contribution is 5.76. The van der Waals surface area contributed by atoms with Crippen LogP contribution in [0.4, 0.5) is 0 Å². The van der Waals surface area contributed by atoms with E-state index in [2.05, 4.69) is 10.2 Å². The number of nitrogens with zero attached hydrogens (tertiary/aromatic N) is 1. The van der Waals surface area contributed by atoms with E-state index >= 15 is 0 Å². The van der Waals surface area contributed by atoms with Gasteiger partial charge in [0.2, 0.25) is 5.91 Å². The second-order valence-electron chi connectivity index (χ2n) is 4.84. The molecule has 0 atom stereocenters. The predicted octanol–water partition coefficient (Wildman–Crippen LogP) is -0.438. The first-order valence-electron chi connectivity index (χ1n) is 5.85. The summed E-state index contributed by atoms with van der Waals surface area (Å²) in [7, 11) is 0. The predicted molar refractivity (Wildman–Crippen MR) is 63.2 cm³/mol. The van der Waals surface area contributed by atoms with Gasteiger partial charge in [-0.3, -0.25) is 9.69 Å². The lowest BCUT2D eigenvalue weighted by molar-refractivity contribution is -0.123. The molecule has 94 valence electrons. The molecular weight excluding hydrogens is 206 g/mol. The Labute approximate surface area is 97.3 Å². The summed E-state index contributed by atoms with van der Waals surface area (Å²) in [5.74, 6) is 0.0712. The van der Waals surface area contributed by atoms with Crippen molar-refractivity contribution in [1.29, 1.82) is 0 Å². The van der Waals surface area contributed by atoms with Gasteiger partial charge >= 0.3 is 0 Å². The molecule has 5 heteroatoms. The van der Waals surface area contributed by atoms with Crippen LogP contribution in [-0.4, -0.2) is 55.7 Å². The molecule has 0 unspecified atom stereocenters. The molecule has 0 aromatic carbocycles. The van der Waals surface area contributed by atoms with Gasteiger partial charge in [0.1, 0.15) is 0 Å². The normalized spacial score (nSPS) is 18.4. The summed E-state index contributed by atoms with van der Waals surface area (Å²) in [5, 5.41) is 2.92. The van der Waals surface area contributed by atoms with Gasteiger partial charge in [-0.1, -0.05) is 0 Å². The van der Waals surface area contributed by atoms with Gasteiger partial charge in [0.05, 0.1) is 13.2 Å². The number of ether oxygens (including phenoxy) is 1. The van der Waals surface area contributed by atoms with Crippen LogP contribution < -0.4 is 11.1 Å². The number of rotatable bonds is 5. The number of amides is 1. The van der Waals surface area contributed by atoms with Gasteiger partial charge < -0.3 is 15.8 Å². The van der Waals surface area contributed by atoms with Crippen molar-refractivity contribution in [2.75, 3.05) is 39.4 Å². The SMILES string of the molecule is CC(C)(CN)NC(=O)CCN1CCOCC1. The van der Waals surface area contributed by atoms with Crippen molar-refractivity contribution >= 4 is 5.91 Å². The number of carbonyl (C=O) groups is 1. The lowest BCUT2D eigenvalue weighted by Gasteiger charge is -2.28. The Morgan fingerprint density at radius 3 is 2.62 bits per heavy atom. The highest BCUT2D eigenvalue weighted by Gasteiger charge is 2.19. The summed E-state index contributed by atoms with van der Waals surface area (Å²) in [6, 6.07) is 0. The standard InChI is InChI=1S/C11H23N3O2/c1-11(2,9-12)13-10(15)3-4-14-5-7-16-8-6-14/h3-9,12H2,1-2H3,(H,13,15). The van der Waals surface area contributed by atoms with Crippen LogP contribution in [0.25, 0.3) is 0 Å². The molecule has 0 saturated carbocycles. The second-order valence-corrected chi connectivity index (χ2v) is 4.84. The van der Waals surface area contributed by atoms with Gasteiger partial charge in [-0.05, 0) is 13.8 Å². The minimum atomic E-state index is -0.303. The maximum atomic E-state index is 11.6. The molecule has 5 nitrogen and oxygen atoms in total. The van der Waals surface area contributed by atoms with Gasteiger partial charge in [0.15, 0.2) is 0 Å². The number of nitrogens with one attached hydrogen (secondary N) is 1. The average molecular weight is 229 g/mol. The maximum Gasteiger partial charge on any atom is 0.221 e. The van der Waals surface area contributed by atoms with Crippen LogP contribution >= 0.6 is 0 Å². The van der Waals surface area contributed by atoms with E-state index < -0.39 is 0 Å². The molecule has 1 aliphatic heterocycles. The molecule has 1 rings (SSSR count). The molecule has 1 amide bonds. The van der Waals surface area contributed by atoms with Crippen LogP contribution in [0.1, 0.15) is 20.3 Å². The Bertz CT molecular complexity index is 225. The zero-order valence-electron chi connectivity index (χ0n) is 10.3.